The van der Waals surface area contributed by atoms with E-state index >= 15 is 0 Å². The normalized spacial score (nSPS) is 18.4. The summed E-state index contributed by atoms with van der Waals surface area (Å²) >= 11 is 3.55. The quantitative estimate of drug-likeness (QED) is 0.0314. The first-order valence-electron chi connectivity index (χ1n) is 12.4. The summed E-state index contributed by atoms with van der Waals surface area (Å²) in [4.78, 5) is 63.6. The van der Waals surface area contributed by atoms with Crippen molar-refractivity contribution in [2.24, 2.45) is 5.16 Å². The number of thiazole rings is 1. The van der Waals surface area contributed by atoms with Crippen LogP contribution in [0.2, 0.25) is 0 Å². The zero-order valence-electron chi connectivity index (χ0n) is 22.1. The van der Waals surface area contributed by atoms with Crippen LogP contribution in [0, 0.1) is 0 Å². The molecule has 2 aliphatic heterocycles. The van der Waals surface area contributed by atoms with Crippen LogP contribution in [0.1, 0.15) is 25.5 Å². The summed E-state index contributed by atoms with van der Waals surface area (Å²) in [5.74, 6) is -3.07. The molecule has 0 spiro atoms. The number of nitrogens with one attached hydrogen (secondary N) is 1. The number of thioether (sulfide) groups is 2. The average molecular weight is 638 g/mol. The van der Waals surface area contributed by atoms with E-state index in [2.05, 4.69) is 20.4 Å². The largest absolute Gasteiger partial charge is 0.543 e. The van der Waals surface area contributed by atoms with Crippen LogP contribution in [0.15, 0.2) is 33.0 Å². The predicted octanol–water partition coefficient (Wildman–Crippen LogP) is -1.63. The average Bonchev–Trinajstić information content (AvgIpc) is 3.36. The molecule has 0 saturated carbocycles. The van der Waals surface area contributed by atoms with Gasteiger partial charge in [-0.1, -0.05) is 17.1 Å². The van der Waals surface area contributed by atoms with Gasteiger partial charge in [0, 0.05) is 16.9 Å². The summed E-state index contributed by atoms with van der Waals surface area (Å²) in [5, 5.41) is 28.6. The lowest BCUT2D eigenvalue weighted by atomic mass is 10.0. The summed E-state index contributed by atoms with van der Waals surface area (Å²) in [5.41, 5.74) is 17.5. The van der Waals surface area contributed by atoms with E-state index < -0.39 is 35.2 Å². The van der Waals surface area contributed by atoms with Gasteiger partial charge in [0.25, 0.3) is 11.8 Å². The van der Waals surface area contributed by atoms with Crippen LogP contribution in [0.3, 0.4) is 0 Å². The fraction of sp³-hybridized carbons (Fsp3) is 0.391. The van der Waals surface area contributed by atoms with Crippen LogP contribution in [-0.4, -0.2) is 79.0 Å². The van der Waals surface area contributed by atoms with Crippen molar-refractivity contribution in [3.05, 3.63) is 28.4 Å². The second kappa shape index (κ2) is 13.3. The molecule has 4 heterocycles. The van der Waals surface area contributed by atoms with Crippen LogP contribution >= 0.6 is 34.9 Å². The van der Waals surface area contributed by atoms with E-state index in [1.54, 1.807) is 10.6 Å². The van der Waals surface area contributed by atoms with Gasteiger partial charge in [-0.3, -0.25) is 19.3 Å². The second-order valence-corrected chi connectivity index (χ2v) is 11.9. The van der Waals surface area contributed by atoms with Crippen LogP contribution in [0.4, 0.5) is 16.8 Å². The molecule has 8 N–H and O–H groups in total. The summed E-state index contributed by atoms with van der Waals surface area (Å²) in [6.45, 7) is 2.25. The minimum atomic E-state index is -1.53. The SMILES string of the molecule is CCC[n+]1c(N)cc(N)nc1SCC1=C(C(=O)[O-])N2C(=O)C(NC(=O)/C(=N\OCCC(=O)O)c3csc(N)n3)C2SC1. The number of β-lactam (4-membered cyclic amide) rings is 1. The Balaban J connectivity index is 1.50. The van der Waals surface area contributed by atoms with Crippen LogP contribution in [-0.2, 0) is 30.6 Å². The minimum absolute atomic E-state index is 0.0657. The molecule has 1 fully saturated rings. The smallest absolute Gasteiger partial charge is 0.306 e. The third-order valence-corrected chi connectivity index (χ3v) is 9.03. The number of aliphatic carboxylic acids is 2. The number of carboxylic acid groups (broad SMARTS) is 2. The minimum Gasteiger partial charge on any atom is -0.543 e. The van der Waals surface area contributed by atoms with Gasteiger partial charge in [0.2, 0.25) is 11.6 Å². The number of oxime groups is 1. The molecule has 2 aromatic heterocycles. The topological polar surface area (TPSA) is 256 Å². The molecule has 0 aliphatic carbocycles. The number of fused-ring (bicyclic) bond motifs is 1. The number of nitrogens with zero attached hydrogens (tertiary/aromatic N) is 5. The molecule has 42 heavy (non-hydrogen) atoms. The van der Waals surface area contributed by atoms with E-state index in [1.165, 1.54) is 28.9 Å². The van der Waals surface area contributed by atoms with Gasteiger partial charge in [0.1, 0.15) is 23.7 Å². The van der Waals surface area contributed by atoms with Gasteiger partial charge < -0.3 is 42.4 Å². The third kappa shape index (κ3) is 6.68. The molecule has 16 nitrogen and oxygen atoms in total. The van der Waals surface area contributed by atoms with Crippen molar-refractivity contribution in [3.63, 3.8) is 0 Å². The monoisotopic (exact) mass is 637 g/mol. The summed E-state index contributed by atoms with van der Waals surface area (Å²) < 4.78 is 1.78. The Morgan fingerprint density at radius 2 is 2.10 bits per heavy atom. The molecule has 2 amide bonds. The molecular formula is C23H27N9O7S3. The number of hydrogen-bond acceptors (Lipinski definition) is 15. The second-order valence-electron chi connectivity index (χ2n) is 8.92. The predicted molar refractivity (Wildman–Crippen MR) is 153 cm³/mol. The molecule has 2 atom stereocenters. The third-order valence-electron chi connectivity index (χ3n) is 5.96. The molecule has 2 aromatic rings. The standard InChI is InChI=1S/C23H27N9O7S3/c1-2-4-31-13(25)6-12(24)28-23(31)42-8-10-7-40-20-16(19(36)32(20)17(10)21(37)38)29-18(35)15(11-9-41-22(26)27-11)30-39-5-3-14(33)34/h6,9,16,20H,2-5,7-8H2,1H3,(H8,24,25,26,27,29,33,34,35,37,38)/b30-15-. The number of carbonyl (C=O) groups excluding carboxylic acids is 3. The highest BCUT2D eigenvalue weighted by Gasteiger charge is 2.53. The first-order chi connectivity index (χ1) is 20.0. The van der Waals surface area contributed by atoms with Crippen LogP contribution < -0.4 is 32.2 Å². The van der Waals surface area contributed by atoms with Gasteiger partial charge in [0.05, 0.1) is 30.7 Å². The highest BCUT2D eigenvalue weighted by atomic mass is 32.2. The van der Waals surface area contributed by atoms with Gasteiger partial charge in [-0.15, -0.1) is 23.1 Å². The Bertz CT molecular complexity index is 1480. The van der Waals surface area contributed by atoms with E-state index in [0.717, 1.165) is 22.7 Å². The number of amides is 2. The van der Waals surface area contributed by atoms with Crippen molar-refractivity contribution >= 4 is 81.1 Å². The van der Waals surface area contributed by atoms with E-state index in [9.17, 15) is 24.3 Å². The first-order valence-corrected chi connectivity index (χ1v) is 15.3. The lowest BCUT2D eigenvalue weighted by Gasteiger charge is -2.50. The van der Waals surface area contributed by atoms with E-state index in [4.69, 9.17) is 27.1 Å². The Morgan fingerprint density at radius 1 is 1.33 bits per heavy atom. The lowest BCUT2D eigenvalue weighted by Crippen LogP contribution is -2.71. The Morgan fingerprint density at radius 3 is 2.74 bits per heavy atom. The molecule has 0 bridgehead atoms. The van der Waals surface area contributed by atoms with E-state index in [1.807, 2.05) is 6.92 Å². The molecule has 4 rings (SSSR count). The summed E-state index contributed by atoms with van der Waals surface area (Å²) in [6.07, 6.45) is 0.426. The zero-order valence-corrected chi connectivity index (χ0v) is 24.6. The molecule has 0 aromatic carbocycles. The maximum atomic E-state index is 13.1. The first kappa shape index (κ1) is 30.8. The maximum absolute atomic E-state index is 13.1. The molecule has 19 heteroatoms. The highest BCUT2D eigenvalue weighted by molar-refractivity contribution is 8.01. The molecule has 224 valence electrons. The molecule has 2 unspecified atom stereocenters. The van der Waals surface area contributed by atoms with Gasteiger partial charge >= 0.3 is 11.1 Å². The Labute approximate surface area is 251 Å². The number of nitrogen functional groups attached to an aromatic ring is 3. The van der Waals surface area contributed by atoms with Crippen LogP contribution in [0.25, 0.3) is 0 Å². The fourth-order valence-corrected chi connectivity index (χ4v) is 7.18. The van der Waals surface area contributed by atoms with Crippen molar-refractivity contribution in [3.8, 4) is 0 Å². The Kier molecular flexibility index (Phi) is 9.74. The zero-order chi connectivity index (χ0) is 30.6. The number of rotatable bonds is 13. The molecular weight excluding hydrogens is 611 g/mol. The fourth-order valence-electron chi connectivity index (χ4n) is 4.09. The number of hydrogen-bond donors (Lipinski definition) is 5. The molecule has 2 aliphatic rings. The highest BCUT2D eigenvalue weighted by Crippen LogP contribution is 2.41. The van der Waals surface area contributed by atoms with Crippen molar-refractivity contribution in [2.45, 2.75) is 42.9 Å². The number of carboxylic acids is 2. The lowest BCUT2D eigenvalue weighted by molar-refractivity contribution is -0.723. The van der Waals surface area contributed by atoms with Gasteiger partial charge in [-0.2, -0.15) is 0 Å². The Hall–Kier alpha value is -4.10. The summed E-state index contributed by atoms with van der Waals surface area (Å²) in [7, 11) is 0. The molecule has 0 radical (unpaired) electrons. The van der Waals surface area contributed by atoms with Gasteiger partial charge in [0.15, 0.2) is 10.8 Å². The van der Waals surface area contributed by atoms with Gasteiger partial charge in [-0.05, 0) is 23.8 Å². The summed E-state index contributed by atoms with van der Waals surface area (Å²) in [6, 6.07) is 0.468. The number of anilines is 3. The number of carbonyl (C=O) groups is 4. The number of aromatic nitrogens is 3. The van der Waals surface area contributed by atoms with Crippen molar-refractivity contribution in [1.82, 2.24) is 20.2 Å². The van der Waals surface area contributed by atoms with Crippen molar-refractivity contribution in [1.29, 1.82) is 0 Å². The molecule has 1 saturated heterocycles. The van der Waals surface area contributed by atoms with Crippen LogP contribution in [0.5, 0.6) is 0 Å². The van der Waals surface area contributed by atoms with E-state index in [0.29, 0.717) is 23.1 Å². The maximum Gasteiger partial charge on any atom is 0.306 e. The van der Waals surface area contributed by atoms with Crippen molar-refractivity contribution < 1.29 is 38.8 Å². The number of nitrogens with two attached hydrogens (primary N) is 3. The van der Waals surface area contributed by atoms with Gasteiger partial charge in [-0.25, -0.2) is 9.55 Å². The van der Waals surface area contributed by atoms with Crippen molar-refractivity contribution in [2.75, 3.05) is 35.3 Å². The van der Waals surface area contributed by atoms with E-state index in [-0.39, 0.29) is 52.6 Å².